The first-order valence-electron chi connectivity index (χ1n) is 11.3. The van der Waals surface area contributed by atoms with Crippen LogP contribution in [0.1, 0.15) is 42.7 Å². The Hall–Kier alpha value is -3.74. The molecule has 168 valence electrons. The summed E-state index contributed by atoms with van der Waals surface area (Å²) in [6.07, 6.45) is 4.85. The summed E-state index contributed by atoms with van der Waals surface area (Å²) in [5.74, 6) is -0.907. The number of fused-ring (bicyclic) bond motifs is 3. The highest BCUT2D eigenvalue weighted by atomic mass is 16.6. The third kappa shape index (κ3) is 4.06. The van der Waals surface area contributed by atoms with Gasteiger partial charge in [-0.3, -0.25) is 4.79 Å². The third-order valence-corrected chi connectivity index (χ3v) is 6.71. The Bertz CT molecular complexity index is 1110. The fourth-order valence-electron chi connectivity index (χ4n) is 5.05. The maximum atomic E-state index is 13.3. The van der Waals surface area contributed by atoms with Crippen LogP contribution in [-0.4, -0.2) is 39.8 Å². The summed E-state index contributed by atoms with van der Waals surface area (Å²) in [6.45, 7) is 0.209. The first kappa shape index (κ1) is 21.1. The molecule has 0 radical (unpaired) electrons. The lowest BCUT2D eigenvalue weighted by molar-refractivity contribution is -0.142. The van der Waals surface area contributed by atoms with Crippen molar-refractivity contribution in [2.45, 2.75) is 37.6 Å². The van der Waals surface area contributed by atoms with E-state index in [1.165, 1.54) is 16.0 Å². The zero-order valence-corrected chi connectivity index (χ0v) is 18.1. The highest BCUT2D eigenvalue weighted by Gasteiger charge is 2.36. The molecule has 1 heterocycles. The summed E-state index contributed by atoms with van der Waals surface area (Å²) in [5.41, 5.74) is 4.64. The summed E-state index contributed by atoms with van der Waals surface area (Å²) in [7, 11) is 0. The monoisotopic (exact) mass is 443 g/mol. The van der Waals surface area contributed by atoms with E-state index in [9.17, 15) is 14.7 Å². The molecule has 2 aliphatic carbocycles. The molecule has 0 aliphatic heterocycles. The first-order valence-corrected chi connectivity index (χ1v) is 11.3. The number of anilines is 1. The number of carboxylic acid groups (broad SMARTS) is 1. The van der Waals surface area contributed by atoms with Crippen molar-refractivity contribution in [1.82, 2.24) is 9.97 Å². The number of benzene rings is 2. The lowest BCUT2D eigenvalue weighted by atomic mass is 9.85. The molecule has 1 amide bonds. The standard InChI is InChI=1S/C26H25N3O4/c30-24(31)17-10-12-18(13-11-17)29(25-27-14-5-15-28-25)26(32)33-16-23-21-8-3-1-6-19(21)20-7-2-4-9-22(20)23/h1-9,14-15,17-18,23H,10-13,16H2,(H,30,31). The highest BCUT2D eigenvalue weighted by molar-refractivity contribution is 5.86. The van der Waals surface area contributed by atoms with E-state index in [0.29, 0.717) is 25.7 Å². The lowest BCUT2D eigenvalue weighted by Crippen LogP contribution is -2.44. The van der Waals surface area contributed by atoms with Crippen molar-refractivity contribution in [3.63, 3.8) is 0 Å². The summed E-state index contributed by atoms with van der Waals surface area (Å²) in [6, 6.07) is 17.9. The molecule has 0 spiro atoms. The van der Waals surface area contributed by atoms with Crippen LogP contribution in [0, 0.1) is 5.92 Å². The molecule has 0 saturated heterocycles. The molecule has 2 aromatic carbocycles. The molecule has 1 saturated carbocycles. The van der Waals surface area contributed by atoms with Gasteiger partial charge in [0.05, 0.1) is 5.92 Å². The summed E-state index contributed by atoms with van der Waals surface area (Å²) in [4.78, 5) is 34.8. The van der Waals surface area contributed by atoms with Gasteiger partial charge >= 0.3 is 12.1 Å². The fraction of sp³-hybridized carbons (Fsp3) is 0.308. The third-order valence-electron chi connectivity index (χ3n) is 6.71. The Balaban J connectivity index is 1.36. The van der Waals surface area contributed by atoms with Gasteiger partial charge in [-0.2, -0.15) is 0 Å². The number of nitrogens with zero attached hydrogens (tertiary/aromatic N) is 3. The normalized spacial score (nSPS) is 19.4. The van der Waals surface area contributed by atoms with E-state index in [2.05, 4.69) is 34.2 Å². The summed E-state index contributed by atoms with van der Waals surface area (Å²) in [5, 5.41) is 9.33. The molecule has 0 unspecified atom stereocenters. The molecule has 0 atom stereocenters. The first-order chi connectivity index (χ1) is 16.1. The van der Waals surface area contributed by atoms with Crippen molar-refractivity contribution in [2.24, 2.45) is 5.92 Å². The molecule has 1 fully saturated rings. The Morgan fingerprint density at radius 3 is 2.03 bits per heavy atom. The maximum absolute atomic E-state index is 13.3. The Labute approximate surface area is 192 Å². The Morgan fingerprint density at radius 1 is 0.879 bits per heavy atom. The van der Waals surface area contributed by atoms with Gasteiger partial charge in [0.25, 0.3) is 0 Å². The number of aromatic nitrogens is 2. The molecular weight excluding hydrogens is 418 g/mol. The largest absolute Gasteiger partial charge is 0.481 e. The van der Waals surface area contributed by atoms with Gasteiger partial charge in [-0.05, 0) is 54.0 Å². The van der Waals surface area contributed by atoms with Crippen LogP contribution in [0.2, 0.25) is 0 Å². The fourth-order valence-corrected chi connectivity index (χ4v) is 5.05. The lowest BCUT2D eigenvalue weighted by Gasteiger charge is -2.34. The van der Waals surface area contributed by atoms with Crippen molar-refractivity contribution in [3.05, 3.63) is 78.1 Å². The SMILES string of the molecule is O=C(O)C1CCC(N(C(=O)OCC2c3ccccc3-c3ccccc32)c2ncccn2)CC1. The van der Waals surface area contributed by atoms with Crippen molar-refractivity contribution >= 4 is 18.0 Å². The molecule has 5 rings (SSSR count). The number of hydrogen-bond donors (Lipinski definition) is 1. The van der Waals surface area contributed by atoms with Gasteiger partial charge in [0, 0.05) is 24.4 Å². The number of amides is 1. The predicted octanol–water partition coefficient (Wildman–Crippen LogP) is 4.88. The zero-order chi connectivity index (χ0) is 22.8. The van der Waals surface area contributed by atoms with E-state index in [1.807, 2.05) is 24.3 Å². The van der Waals surface area contributed by atoms with E-state index >= 15 is 0 Å². The number of carbonyl (C=O) groups excluding carboxylic acids is 1. The minimum Gasteiger partial charge on any atom is -0.481 e. The number of carboxylic acids is 1. The van der Waals surface area contributed by atoms with Gasteiger partial charge in [-0.25, -0.2) is 19.7 Å². The van der Waals surface area contributed by atoms with Gasteiger partial charge in [-0.15, -0.1) is 0 Å². The number of hydrogen-bond acceptors (Lipinski definition) is 5. The quantitative estimate of drug-likeness (QED) is 0.604. The second kappa shape index (κ2) is 9.02. The van der Waals surface area contributed by atoms with E-state index in [-0.39, 0.29) is 30.4 Å². The highest BCUT2D eigenvalue weighted by Crippen LogP contribution is 2.44. The molecule has 1 N–H and O–H groups in total. The molecule has 33 heavy (non-hydrogen) atoms. The molecule has 0 bridgehead atoms. The zero-order valence-electron chi connectivity index (χ0n) is 18.1. The van der Waals surface area contributed by atoms with Crippen LogP contribution in [0.25, 0.3) is 11.1 Å². The number of rotatable bonds is 5. The minimum atomic E-state index is -0.780. The van der Waals surface area contributed by atoms with Gasteiger partial charge < -0.3 is 9.84 Å². The average molecular weight is 444 g/mol. The van der Waals surface area contributed by atoms with Crippen LogP contribution >= 0.6 is 0 Å². The Morgan fingerprint density at radius 2 is 1.45 bits per heavy atom. The predicted molar refractivity (Wildman–Crippen MR) is 123 cm³/mol. The number of carbonyl (C=O) groups is 2. The van der Waals surface area contributed by atoms with E-state index in [4.69, 9.17) is 4.74 Å². The van der Waals surface area contributed by atoms with E-state index in [1.54, 1.807) is 18.5 Å². The van der Waals surface area contributed by atoms with Crippen LogP contribution < -0.4 is 4.90 Å². The second-order valence-electron chi connectivity index (χ2n) is 8.57. The van der Waals surface area contributed by atoms with Gasteiger partial charge in [0.1, 0.15) is 6.61 Å². The topological polar surface area (TPSA) is 92.6 Å². The molecular formula is C26H25N3O4. The number of ether oxygens (including phenoxy) is 1. The molecule has 7 heteroatoms. The average Bonchev–Trinajstić information content (AvgIpc) is 3.18. The van der Waals surface area contributed by atoms with Crippen LogP contribution in [0.5, 0.6) is 0 Å². The van der Waals surface area contributed by atoms with Crippen LogP contribution in [0.3, 0.4) is 0 Å². The van der Waals surface area contributed by atoms with Crippen molar-refractivity contribution in [3.8, 4) is 11.1 Å². The van der Waals surface area contributed by atoms with Gasteiger partial charge in [-0.1, -0.05) is 48.5 Å². The van der Waals surface area contributed by atoms with Crippen molar-refractivity contribution < 1.29 is 19.4 Å². The van der Waals surface area contributed by atoms with Crippen LogP contribution in [0.4, 0.5) is 10.7 Å². The summed E-state index contributed by atoms with van der Waals surface area (Å²) >= 11 is 0. The number of aliphatic carboxylic acids is 1. The molecule has 1 aromatic heterocycles. The smallest absolute Gasteiger partial charge is 0.416 e. The Kier molecular flexibility index (Phi) is 5.77. The summed E-state index contributed by atoms with van der Waals surface area (Å²) < 4.78 is 5.87. The van der Waals surface area contributed by atoms with Crippen LogP contribution in [-0.2, 0) is 9.53 Å². The van der Waals surface area contributed by atoms with E-state index in [0.717, 1.165) is 11.1 Å². The molecule has 3 aromatic rings. The van der Waals surface area contributed by atoms with Crippen LogP contribution in [0.15, 0.2) is 67.0 Å². The van der Waals surface area contributed by atoms with Crippen molar-refractivity contribution in [1.29, 1.82) is 0 Å². The van der Waals surface area contributed by atoms with Gasteiger partial charge in [0.15, 0.2) is 0 Å². The van der Waals surface area contributed by atoms with E-state index < -0.39 is 12.1 Å². The maximum Gasteiger partial charge on any atom is 0.416 e. The molecule has 2 aliphatic rings. The van der Waals surface area contributed by atoms with Crippen molar-refractivity contribution in [2.75, 3.05) is 11.5 Å². The van der Waals surface area contributed by atoms with Gasteiger partial charge in [0.2, 0.25) is 5.95 Å². The molecule has 7 nitrogen and oxygen atoms in total. The minimum absolute atomic E-state index is 0.0392. The second-order valence-corrected chi connectivity index (χ2v) is 8.57.